The van der Waals surface area contributed by atoms with Crippen LogP contribution in [0.4, 0.5) is 22.7 Å². The summed E-state index contributed by atoms with van der Waals surface area (Å²) in [5, 5.41) is 61.8. The average molecular weight is 1820 g/mol. The lowest BCUT2D eigenvalue weighted by molar-refractivity contribution is 0.0958. The van der Waals surface area contributed by atoms with E-state index in [4.69, 9.17) is 20.2 Å². The predicted octanol–water partition coefficient (Wildman–Crippen LogP) is 15.6. The lowest BCUT2D eigenvalue weighted by Crippen LogP contribution is -2.39. The summed E-state index contributed by atoms with van der Waals surface area (Å²) in [6.45, 7) is 7.80. The van der Waals surface area contributed by atoms with Crippen LogP contribution in [0.2, 0.25) is 0 Å². The summed E-state index contributed by atoms with van der Waals surface area (Å²) in [5.74, 6) is 1.14. The van der Waals surface area contributed by atoms with Crippen LogP contribution in [0.3, 0.4) is 0 Å². The largest absolute Gasteiger partial charge is 0.443 e. The van der Waals surface area contributed by atoms with Gasteiger partial charge in [0.25, 0.3) is 5.91 Å². The molecule has 0 radical (unpaired) electrons. The number of benzene rings is 3. The number of nitrogens with one attached hydrogen (secondary N) is 9. The van der Waals surface area contributed by atoms with Gasteiger partial charge in [0.1, 0.15) is 43.9 Å². The van der Waals surface area contributed by atoms with E-state index in [0.717, 1.165) is 166 Å². The number of aromatic amines is 4. The van der Waals surface area contributed by atoms with E-state index in [1.165, 1.54) is 42.8 Å². The van der Waals surface area contributed by atoms with Crippen molar-refractivity contribution < 1.29 is 42.9 Å². The number of nitrogens with zero attached hydrogens (tertiary/aromatic N) is 12. The Morgan fingerprint density at radius 3 is 1.22 bits per heavy atom. The molecule has 4 fully saturated rings. The standard InChI is InChI=1S/2C23H21N5O2S2.C22H20N6O2S2.C20H25N5O4S/c1-14-12-31-23(27-14)20-11-26-22-19(5-6-25-22)21(20)28-17-7-16(8-17)13-32(29,30)18-4-2-3-15(9-18)10-24;1-14-11-27-23(31-14)20-12-26-22-19(5-6-25-22)21(20)28-17-7-16(8-17)13-32(29,30)18-4-2-3-15(9-18)10-24;1-13-27-28-22(31-13)19-11-25-21-18(5-6-24-21)20(19)26-16-7-15(8-16)12-32(29,30)17-4-2-3-14(9-17)10-23;1-3-6-30(27,28)11-12-7-13(8-12)24-17-14-4-5-22-18(14)23-9-15(17)20-25-16(10-29-20)19(26)21-2/h2*2-6,9,11-12,16-17H,7-8,13H2,1H3,(H2,25,26,28);2-6,9,11,15-16H,7-8,12H2,1H3,(H2,24,25,26);4-5,9-10,12-13H,3,6-8,11H2,1-2H3,(H,21,26)(H2,22,23,24). The highest BCUT2D eigenvalue weighted by molar-refractivity contribution is 7.92. The fourth-order valence-electron chi connectivity index (χ4n) is 16.3. The lowest BCUT2D eigenvalue weighted by Gasteiger charge is -2.36. The first-order valence-corrected chi connectivity index (χ1v) is 50.1. The highest BCUT2D eigenvalue weighted by atomic mass is 32.2. The summed E-state index contributed by atoms with van der Waals surface area (Å²) in [4.78, 5) is 57.5. The SMILES string of the molecule is CCCS(=O)(=O)CC1CC(Nc2c(-c3nc(C(=O)NC)co3)cnc3[nH]ccc23)C1.Cc1cnc(-c2cnc3[nH]ccc3c2NC2CC(CS(=O)(=O)c3cccc(C#N)c3)C2)s1.Cc1csc(-c2cnc3[nH]ccc3c2NC2CC(CS(=O)(=O)c3cccc(C#N)c3)C2)n1.Cc1nnc(-c2cnc3[nH]ccc3c2NC2CC(CS(=O)(=O)c3cccc(C#N)c3)C2)s1. The summed E-state index contributed by atoms with van der Waals surface area (Å²) in [6.07, 6.45) is 24.5. The van der Waals surface area contributed by atoms with E-state index in [-0.39, 0.29) is 103 Å². The molecule has 4 aliphatic carbocycles. The van der Waals surface area contributed by atoms with Crippen LogP contribution in [0.5, 0.6) is 0 Å². The van der Waals surface area contributed by atoms with Gasteiger partial charge in [-0.1, -0.05) is 36.5 Å². The number of anilines is 4. The van der Waals surface area contributed by atoms with Crippen molar-refractivity contribution in [2.24, 2.45) is 23.7 Å². The second-order valence-electron chi connectivity index (χ2n) is 32.1. The van der Waals surface area contributed by atoms with Crippen LogP contribution in [0, 0.1) is 78.4 Å². The number of hydrogen-bond donors (Lipinski definition) is 9. The summed E-state index contributed by atoms with van der Waals surface area (Å²) >= 11 is 4.72. The van der Waals surface area contributed by atoms with Crippen LogP contribution in [-0.4, -0.2) is 165 Å². The number of oxazole rings is 1. The number of amides is 1. The maximum absolute atomic E-state index is 12.8. The Labute approximate surface area is 738 Å². The van der Waals surface area contributed by atoms with Crippen LogP contribution >= 0.6 is 34.0 Å². The van der Waals surface area contributed by atoms with Crippen LogP contribution in [0.25, 0.3) is 87.3 Å². The first kappa shape index (κ1) is 86.9. The van der Waals surface area contributed by atoms with Crippen molar-refractivity contribution in [1.29, 1.82) is 15.8 Å². The van der Waals surface area contributed by atoms with Gasteiger partial charge in [0.05, 0.1) is 118 Å². The molecule has 19 rings (SSSR count). The Balaban J connectivity index is 0.000000124. The fourth-order valence-corrected chi connectivity index (χ4v) is 25.4. The van der Waals surface area contributed by atoms with Gasteiger partial charge in [-0.2, -0.15) is 15.8 Å². The molecule has 126 heavy (non-hydrogen) atoms. The number of hydrogen-bond acceptors (Lipinski definition) is 29. The minimum absolute atomic E-state index is 0.0685. The molecule has 0 spiro atoms. The van der Waals surface area contributed by atoms with E-state index in [1.807, 2.05) is 113 Å². The molecule has 12 aromatic heterocycles. The van der Waals surface area contributed by atoms with Gasteiger partial charge in [0, 0.05) is 130 Å². The van der Waals surface area contributed by atoms with Crippen LogP contribution in [-0.2, 0) is 39.3 Å². The van der Waals surface area contributed by atoms with Gasteiger partial charge in [0.15, 0.2) is 50.1 Å². The zero-order valence-electron chi connectivity index (χ0n) is 68.9. The number of aryl methyl sites for hydroxylation is 3. The number of sulfone groups is 4. The second-order valence-corrected chi connectivity index (χ2v) is 43.7. The van der Waals surface area contributed by atoms with Gasteiger partial charge in [0.2, 0.25) is 5.89 Å². The Kier molecular flexibility index (Phi) is 25.4. The molecular weight excluding hydrogens is 1740 g/mol. The minimum atomic E-state index is -3.43. The van der Waals surface area contributed by atoms with Gasteiger partial charge < -0.3 is 50.9 Å². The van der Waals surface area contributed by atoms with E-state index in [9.17, 15) is 38.5 Å². The summed E-state index contributed by atoms with van der Waals surface area (Å²) < 4.78 is 106. The number of rotatable bonds is 26. The van der Waals surface area contributed by atoms with Crippen LogP contribution in [0.15, 0.2) is 184 Å². The first-order valence-electron chi connectivity index (χ1n) is 40.8. The molecule has 1 amide bonds. The van der Waals surface area contributed by atoms with E-state index < -0.39 is 39.3 Å². The minimum Gasteiger partial charge on any atom is -0.443 e. The average Bonchev–Trinajstić information content (AvgIpc) is 1.50. The maximum atomic E-state index is 12.8. The van der Waals surface area contributed by atoms with Crippen molar-refractivity contribution in [3.63, 3.8) is 0 Å². The number of aromatic nitrogens is 13. The zero-order chi connectivity index (χ0) is 88.2. The molecule has 4 aliphatic rings. The second kappa shape index (κ2) is 36.9. The third-order valence-electron chi connectivity index (χ3n) is 22.7. The van der Waals surface area contributed by atoms with Crippen LogP contribution < -0.4 is 26.6 Å². The molecule has 0 bridgehead atoms. The summed E-state index contributed by atoms with van der Waals surface area (Å²) in [5.41, 5.74) is 12.5. The Hall–Kier alpha value is -12.6. The molecule has 646 valence electrons. The molecule has 0 unspecified atom stereocenters. The summed E-state index contributed by atoms with van der Waals surface area (Å²) in [7, 11) is -11.7. The zero-order valence-corrected chi connectivity index (χ0v) is 74.6. The molecule has 12 heterocycles. The number of pyridine rings is 4. The van der Waals surface area contributed by atoms with Gasteiger partial charge in [-0.05, 0) is 181 Å². The fraction of sp³-hybridized carbons (Fsp3) is 0.307. The Morgan fingerprint density at radius 1 is 0.476 bits per heavy atom. The van der Waals surface area contributed by atoms with Crippen molar-refractivity contribution in [3.8, 4) is 61.4 Å². The highest BCUT2D eigenvalue weighted by Crippen LogP contribution is 2.45. The molecular formula is C88H87N21O10S7. The topological polar surface area (TPSA) is 477 Å². The van der Waals surface area contributed by atoms with Gasteiger partial charge in [-0.3, -0.25) is 4.79 Å². The van der Waals surface area contributed by atoms with Gasteiger partial charge in [-0.15, -0.1) is 32.9 Å². The van der Waals surface area contributed by atoms with Gasteiger partial charge >= 0.3 is 0 Å². The highest BCUT2D eigenvalue weighted by Gasteiger charge is 2.39. The van der Waals surface area contributed by atoms with Gasteiger partial charge in [-0.25, -0.2) is 68.6 Å². The van der Waals surface area contributed by atoms with Crippen LogP contribution in [0.1, 0.15) is 107 Å². The molecule has 0 saturated heterocycles. The Bertz CT molecular complexity index is 6660. The summed E-state index contributed by atoms with van der Waals surface area (Å²) in [6, 6.07) is 33.3. The first-order chi connectivity index (χ1) is 60.7. The van der Waals surface area contributed by atoms with E-state index in [2.05, 4.69) is 91.6 Å². The number of fused-ring (bicyclic) bond motifs is 4. The third-order valence-corrected chi connectivity index (χ3v) is 33.1. The molecule has 0 atom stereocenters. The third kappa shape index (κ3) is 19.6. The van der Waals surface area contributed by atoms with Crippen molar-refractivity contribution >= 4 is 146 Å². The maximum Gasteiger partial charge on any atom is 0.272 e. The van der Waals surface area contributed by atoms with E-state index >= 15 is 0 Å². The monoisotopic (exact) mass is 1820 g/mol. The number of H-pyrrole nitrogens is 4. The van der Waals surface area contributed by atoms with Crippen molar-refractivity contribution in [1.82, 2.24) is 70.3 Å². The number of carbonyl (C=O) groups is 1. The molecule has 4 saturated carbocycles. The molecule has 3 aromatic carbocycles. The van der Waals surface area contributed by atoms with E-state index in [1.54, 1.807) is 95.9 Å². The number of carbonyl (C=O) groups excluding carboxylic acids is 1. The number of thiazole rings is 2. The number of nitriles is 3. The van der Waals surface area contributed by atoms with E-state index in [0.29, 0.717) is 34.6 Å². The molecule has 0 aliphatic heterocycles. The molecule has 9 N–H and O–H groups in total. The smallest absolute Gasteiger partial charge is 0.272 e. The predicted molar refractivity (Wildman–Crippen MR) is 488 cm³/mol. The Morgan fingerprint density at radius 2 is 0.865 bits per heavy atom. The lowest BCUT2D eigenvalue weighted by atomic mass is 9.81. The normalized spacial score (nSPS) is 18.4. The molecule has 38 heteroatoms. The van der Waals surface area contributed by atoms with Crippen molar-refractivity contribution in [2.45, 2.75) is 124 Å². The molecule has 15 aromatic rings. The van der Waals surface area contributed by atoms with Crippen molar-refractivity contribution in [3.05, 3.63) is 202 Å². The molecule has 31 nitrogen and oxygen atoms in total. The quantitative estimate of drug-likeness (QED) is 0.0243. The van der Waals surface area contributed by atoms with Crippen molar-refractivity contribution in [2.75, 3.05) is 57.1 Å².